The van der Waals surface area contributed by atoms with Crippen LogP contribution in [0.2, 0.25) is 0 Å². The lowest BCUT2D eigenvalue weighted by Gasteiger charge is -2.18. The normalized spacial score (nSPS) is 13.1. The minimum absolute atomic E-state index is 0.138. The van der Waals surface area contributed by atoms with Crippen molar-refractivity contribution in [2.75, 3.05) is 33.0 Å². The first kappa shape index (κ1) is 38.5. The van der Waals surface area contributed by atoms with Crippen LogP contribution in [0.25, 0.3) is 0 Å². The predicted molar refractivity (Wildman–Crippen MR) is 162 cm³/mol. The first-order valence-corrected chi connectivity index (χ1v) is 17.5. The van der Waals surface area contributed by atoms with Gasteiger partial charge in [-0.1, -0.05) is 123 Å². The highest BCUT2D eigenvalue weighted by Gasteiger charge is 2.13. The van der Waals surface area contributed by atoms with Gasteiger partial charge in [0.2, 0.25) is 0 Å². The lowest BCUT2D eigenvalue weighted by Crippen LogP contribution is -2.25. The Balaban J connectivity index is 3.63. The molecule has 0 aliphatic rings. The van der Waals surface area contributed by atoms with Crippen molar-refractivity contribution in [3.8, 4) is 0 Å². The Kier molecular flexibility index (Phi) is 31.7. The first-order chi connectivity index (χ1) is 19.1. The Morgan fingerprint density at radius 2 is 1.08 bits per heavy atom. The fourth-order valence-electron chi connectivity index (χ4n) is 4.48. The first-order valence-electron chi connectivity index (χ1n) is 16.3. The summed E-state index contributed by atoms with van der Waals surface area (Å²) in [5.41, 5.74) is 0. The maximum atomic E-state index is 11.8. The molecule has 0 saturated carbocycles. The van der Waals surface area contributed by atoms with Crippen LogP contribution in [0.1, 0.15) is 155 Å². The van der Waals surface area contributed by atoms with Crippen molar-refractivity contribution < 1.29 is 33.0 Å². The molecule has 234 valence electrons. The van der Waals surface area contributed by atoms with Gasteiger partial charge in [0.1, 0.15) is 6.10 Å². The van der Waals surface area contributed by atoms with Crippen LogP contribution >= 0.6 is 8.25 Å². The Morgan fingerprint density at radius 3 is 1.56 bits per heavy atom. The smallest absolute Gasteiger partial charge is 0.319 e. The molecule has 0 aromatic rings. The van der Waals surface area contributed by atoms with E-state index < -0.39 is 14.2 Å². The van der Waals surface area contributed by atoms with Gasteiger partial charge >= 0.3 is 14.2 Å². The van der Waals surface area contributed by atoms with Gasteiger partial charge in [-0.2, -0.15) is 0 Å². The van der Waals surface area contributed by atoms with Crippen LogP contribution in [0.4, 0.5) is 0 Å². The van der Waals surface area contributed by atoms with E-state index in [9.17, 15) is 9.36 Å². The standard InChI is InChI=1S/C31H63O7P/c1-3-5-6-7-8-9-10-11-12-13-14-15-16-17-18-19-20-22-26-35-28-30(29-38-39(34)37-25-4-2)36-27-23-21-24-31(32)33/h30,39H,3-29H2,1-2H3,(H,32,33). The van der Waals surface area contributed by atoms with E-state index in [0.717, 1.165) is 12.8 Å². The van der Waals surface area contributed by atoms with E-state index in [1.165, 1.54) is 109 Å². The summed E-state index contributed by atoms with van der Waals surface area (Å²) in [6.07, 6.45) is 26.2. The van der Waals surface area contributed by atoms with Crippen molar-refractivity contribution in [1.82, 2.24) is 0 Å². The van der Waals surface area contributed by atoms with Crippen molar-refractivity contribution in [3.63, 3.8) is 0 Å². The second-order valence-electron chi connectivity index (χ2n) is 10.8. The van der Waals surface area contributed by atoms with Gasteiger partial charge in [-0.15, -0.1) is 0 Å². The molecule has 39 heavy (non-hydrogen) atoms. The summed E-state index contributed by atoms with van der Waals surface area (Å²) in [5.74, 6) is -0.797. The zero-order chi connectivity index (χ0) is 28.7. The number of aliphatic carboxylic acids is 1. The molecule has 0 aliphatic heterocycles. The van der Waals surface area contributed by atoms with Crippen LogP contribution in [0, 0.1) is 0 Å². The molecule has 0 saturated heterocycles. The summed E-state index contributed by atoms with van der Waals surface area (Å²) < 4.78 is 33.8. The van der Waals surface area contributed by atoms with Crippen molar-refractivity contribution in [3.05, 3.63) is 0 Å². The highest BCUT2D eigenvalue weighted by atomic mass is 31.1. The quantitative estimate of drug-likeness (QED) is 0.0612. The second-order valence-corrected chi connectivity index (χ2v) is 11.9. The number of carboxylic acid groups (broad SMARTS) is 1. The summed E-state index contributed by atoms with van der Waals surface area (Å²) in [6.45, 7) is 6.28. The molecule has 1 N–H and O–H groups in total. The second kappa shape index (κ2) is 32.1. The monoisotopic (exact) mass is 578 g/mol. The number of carboxylic acids is 1. The van der Waals surface area contributed by atoms with Crippen LogP contribution in [0.3, 0.4) is 0 Å². The summed E-state index contributed by atoms with van der Waals surface area (Å²) >= 11 is 0. The molecular weight excluding hydrogens is 515 g/mol. The predicted octanol–water partition coefficient (Wildman–Crippen LogP) is 9.52. The van der Waals surface area contributed by atoms with Crippen molar-refractivity contribution >= 4 is 14.2 Å². The Hall–Kier alpha value is -0.460. The van der Waals surface area contributed by atoms with E-state index in [4.69, 9.17) is 23.6 Å². The number of ether oxygens (including phenoxy) is 2. The lowest BCUT2D eigenvalue weighted by molar-refractivity contribution is -0.137. The number of unbranched alkanes of at least 4 members (excludes halogenated alkanes) is 18. The average molecular weight is 579 g/mol. The van der Waals surface area contributed by atoms with Gasteiger partial charge in [-0.3, -0.25) is 9.36 Å². The van der Waals surface area contributed by atoms with Crippen LogP contribution in [0.5, 0.6) is 0 Å². The third-order valence-corrected chi connectivity index (χ3v) is 7.74. The van der Waals surface area contributed by atoms with E-state index >= 15 is 0 Å². The maximum Gasteiger partial charge on any atom is 0.319 e. The molecule has 8 heteroatoms. The molecule has 0 amide bonds. The molecule has 0 radical (unpaired) electrons. The zero-order valence-corrected chi connectivity index (χ0v) is 26.6. The largest absolute Gasteiger partial charge is 0.481 e. The van der Waals surface area contributed by atoms with Gasteiger partial charge in [-0.05, 0) is 25.7 Å². The fourth-order valence-corrected chi connectivity index (χ4v) is 5.26. The molecule has 2 unspecified atom stereocenters. The van der Waals surface area contributed by atoms with E-state index in [0.29, 0.717) is 39.3 Å². The molecular formula is C31H63O7P. The molecule has 0 rings (SSSR count). The summed E-state index contributed by atoms with van der Waals surface area (Å²) in [5, 5.41) is 8.74. The highest BCUT2D eigenvalue weighted by Crippen LogP contribution is 2.24. The van der Waals surface area contributed by atoms with Gasteiger partial charge in [0, 0.05) is 19.6 Å². The summed E-state index contributed by atoms with van der Waals surface area (Å²) in [7, 11) is -2.52. The Morgan fingerprint density at radius 1 is 0.590 bits per heavy atom. The maximum absolute atomic E-state index is 11.8. The molecule has 0 bridgehead atoms. The van der Waals surface area contributed by atoms with E-state index in [1.807, 2.05) is 6.92 Å². The summed E-state index contributed by atoms with van der Waals surface area (Å²) in [6, 6.07) is 0. The fraction of sp³-hybridized carbons (Fsp3) is 0.968. The van der Waals surface area contributed by atoms with Gasteiger partial charge < -0.3 is 23.6 Å². The van der Waals surface area contributed by atoms with E-state index in [1.54, 1.807) is 0 Å². The van der Waals surface area contributed by atoms with E-state index in [2.05, 4.69) is 6.92 Å². The topological polar surface area (TPSA) is 91.3 Å². The molecule has 0 aromatic carbocycles. The van der Waals surface area contributed by atoms with Crippen molar-refractivity contribution in [2.24, 2.45) is 0 Å². The number of rotatable bonds is 33. The Labute approximate surface area is 241 Å². The molecule has 0 spiro atoms. The Bertz CT molecular complexity index is 533. The minimum Gasteiger partial charge on any atom is -0.481 e. The molecule has 2 atom stereocenters. The minimum atomic E-state index is -2.52. The SMILES string of the molecule is CCCCCCCCCCCCCCCCCCCCOCC(CO[PH](=O)OCCC)OCCCCC(=O)O. The third kappa shape index (κ3) is 31.9. The zero-order valence-electron chi connectivity index (χ0n) is 25.6. The number of hydrogen-bond acceptors (Lipinski definition) is 6. The molecule has 7 nitrogen and oxygen atoms in total. The molecule has 0 aliphatic carbocycles. The molecule has 0 heterocycles. The lowest BCUT2D eigenvalue weighted by atomic mass is 10.0. The summed E-state index contributed by atoms with van der Waals surface area (Å²) in [4.78, 5) is 10.6. The van der Waals surface area contributed by atoms with Gasteiger partial charge in [-0.25, -0.2) is 0 Å². The number of hydrogen-bond donors (Lipinski definition) is 1. The highest BCUT2D eigenvalue weighted by molar-refractivity contribution is 7.33. The van der Waals surface area contributed by atoms with Crippen molar-refractivity contribution in [1.29, 1.82) is 0 Å². The van der Waals surface area contributed by atoms with E-state index in [-0.39, 0.29) is 19.1 Å². The molecule has 0 aromatic heterocycles. The van der Waals surface area contributed by atoms with Gasteiger partial charge in [0.15, 0.2) is 0 Å². The van der Waals surface area contributed by atoms with Gasteiger partial charge in [0.05, 0.1) is 19.8 Å². The van der Waals surface area contributed by atoms with Gasteiger partial charge in [0.25, 0.3) is 0 Å². The third-order valence-electron chi connectivity index (χ3n) is 6.90. The van der Waals surface area contributed by atoms with Crippen molar-refractivity contribution in [2.45, 2.75) is 161 Å². The average Bonchev–Trinajstić information content (AvgIpc) is 2.92. The van der Waals surface area contributed by atoms with Crippen LogP contribution < -0.4 is 0 Å². The van der Waals surface area contributed by atoms with Crippen LogP contribution in [0.15, 0.2) is 0 Å². The van der Waals surface area contributed by atoms with Crippen LogP contribution in [-0.4, -0.2) is 50.2 Å². The van der Waals surface area contributed by atoms with Crippen LogP contribution in [-0.2, 0) is 27.9 Å². The molecule has 0 fully saturated rings. The number of carbonyl (C=O) groups is 1.